The number of benzene rings is 2. The highest BCUT2D eigenvalue weighted by Gasteiger charge is 2.13. The standard InChI is InChI=1S/C19H18FN3O3S.C3H8.C2H6/c1-26-16-9-5-14(6-10-16)12-23-18(27-2)21-17(24)22(19(23)25)11-13-3-7-15(20)8-4-13;1-3-2;1-2/h3-10H,11-12H2,1-2H3;3H2,1-2H3;1-2H3. The Bertz CT molecular complexity index is 1060. The number of halogens is 1. The molecule has 1 heterocycles. The van der Waals surface area contributed by atoms with Crippen LogP contribution in [-0.4, -0.2) is 27.5 Å². The summed E-state index contributed by atoms with van der Waals surface area (Å²) in [6.07, 6.45) is 3.01. The molecule has 0 saturated heterocycles. The van der Waals surface area contributed by atoms with E-state index in [1.165, 1.54) is 47.0 Å². The van der Waals surface area contributed by atoms with E-state index >= 15 is 0 Å². The zero-order valence-electron chi connectivity index (χ0n) is 19.6. The summed E-state index contributed by atoms with van der Waals surface area (Å²) in [5, 5.41) is 0.344. The van der Waals surface area contributed by atoms with Gasteiger partial charge >= 0.3 is 11.4 Å². The molecule has 3 aromatic rings. The molecule has 0 aliphatic rings. The minimum Gasteiger partial charge on any atom is -0.497 e. The molecular formula is C24H32FN3O3S. The molecule has 1 aromatic heterocycles. The second-order valence-corrected chi connectivity index (χ2v) is 7.29. The zero-order chi connectivity index (χ0) is 24.1. The molecule has 0 radical (unpaired) electrons. The van der Waals surface area contributed by atoms with Gasteiger partial charge in [0.25, 0.3) is 0 Å². The van der Waals surface area contributed by atoms with E-state index in [-0.39, 0.29) is 18.9 Å². The van der Waals surface area contributed by atoms with Crippen molar-refractivity contribution in [3.63, 3.8) is 0 Å². The first-order valence-corrected chi connectivity index (χ1v) is 11.8. The molecule has 0 unspecified atom stereocenters. The van der Waals surface area contributed by atoms with E-state index in [9.17, 15) is 14.0 Å². The zero-order valence-corrected chi connectivity index (χ0v) is 20.4. The molecule has 8 heteroatoms. The van der Waals surface area contributed by atoms with Crippen molar-refractivity contribution in [3.05, 3.63) is 86.4 Å². The Kier molecular flexibility index (Phi) is 12.1. The van der Waals surface area contributed by atoms with Gasteiger partial charge in [-0.1, -0.05) is 70.1 Å². The molecule has 0 aliphatic carbocycles. The SMILES string of the molecule is CC.CCC.COc1ccc(Cn2c(SC)nc(=O)n(Cc3ccc(F)cc3)c2=O)cc1. The Hall–Kier alpha value is -2.87. The van der Waals surface area contributed by atoms with Gasteiger partial charge in [-0.05, 0) is 41.6 Å². The van der Waals surface area contributed by atoms with Crippen molar-refractivity contribution in [1.29, 1.82) is 0 Å². The molecule has 2 aromatic carbocycles. The van der Waals surface area contributed by atoms with Crippen LogP contribution in [0.4, 0.5) is 4.39 Å². The Morgan fingerprint density at radius 1 is 0.906 bits per heavy atom. The number of thioether (sulfide) groups is 1. The van der Waals surface area contributed by atoms with E-state index in [4.69, 9.17) is 4.74 Å². The van der Waals surface area contributed by atoms with Gasteiger partial charge in [0.1, 0.15) is 11.6 Å². The molecule has 6 nitrogen and oxygen atoms in total. The summed E-state index contributed by atoms with van der Waals surface area (Å²) in [5.41, 5.74) is 0.437. The first-order valence-electron chi connectivity index (χ1n) is 10.6. The molecule has 0 bridgehead atoms. The van der Waals surface area contributed by atoms with Crippen LogP contribution < -0.4 is 16.1 Å². The molecule has 0 saturated carbocycles. The minimum absolute atomic E-state index is 0.0300. The normalized spacial score (nSPS) is 9.84. The topological polar surface area (TPSA) is 66.1 Å². The van der Waals surface area contributed by atoms with Gasteiger partial charge in [0.05, 0.1) is 20.2 Å². The Morgan fingerprint density at radius 3 is 1.84 bits per heavy atom. The van der Waals surface area contributed by atoms with Crippen LogP contribution >= 0.6 is 11.8 Å². The first-order chi connectivity index (χ1) is 15.4. The quantitative estimate of drug-likeness (QED) is 0.493. The highest BCUT2D eigenvalue weighted by molar-refractivity contribution is 7.98. The van der Waals surface area contributed by atoms with Crippen LogP contribution in [0.3, 0.4) is 0 Å². The second kappa shape index (κ2) is 14.2. The van der Waals surface area contributed by atoms with Gasteiger partial charge in [0, 0.05) is 0 Å². The fraction of sp³-hybridized carbons (Fsp3) is 0.375. The summed E-state index contributed by atoms with van der Waals surface area (Å²) < 4.78 is 20.7. The average Bonchev–Trinajstić information content (AvgIpc) is 2.82. The highest BCUT2D eigenvalue weighted by atomic mass is 32.2. The predicted molar refractivity (Wildman–Crippen MR) is 129 cm³/mol. The maximum absolute atomic E-state index is 13.1. The van der Waals surface area contributed by atoms with Gasteiger partial charge < -0.3 is 4.74 Å². The van der Waals surface area contributed by atoms with Crippen molar-refractivity contribution < 1.29 is 9.13 Å². The highest BCUT2D eigenvalue weighted by Crippen LogP contribution is 2.14. The van der Waals surface area contributed by atoms with Crippen molar-refractivity contribution in [3.8, 4) is 5.75 Å². The number of hydrogen-bond acceptors (Lipinski definition) is 5. The molecule has 174 valence electrons. The van der Waals surface area contributed by atoms with Crippen LogP contribution in [0.2, 0.25) is 0 Å². The van der Waals surface area contributed by atoms with Crippen molar-refractivity contribution in [2.24, 2.45) is 0 Å². The first kappa shape index (κ1) is 27.2. The smallest absolute Gasteiger partial charge is 0.354 e. The van der Waals surface area contributed by atoms with Crippen LogP contribution in [0.25, 0.3) is 0 Å². The van der Waals surface area contributed by atoms with Crippen LogP contribution in [0.1, 0.15) is 45.2 Å². The van der Waals surface area contributed by atoms with E-state index < -0.39 is 11.4 Å². The number of rotatable bonds is 6. The molecule has 0 aliphatic heterocycles. The summed E-state index contributed by atoms with van der Waals surface area (Å²) >= 11 is 1.23. The third-order valence-corrected chi connectivity index (χ3v) is 4.73. The van der Waals surface area contributed by atoms with Gasteiger partial charge in [-0.3, -0.25) is 4.57 Å². The van der Waals surface area contributed by atoms with Crippen LogP contribution in [-0.2, 0) is 13.1 Å². The lowest BCUT2D eigenvalue weighted by Crippen LogP contribution is -2.42. The van der Waals surface area contributed by atoms with E-state index in [1.807, 2.05) is 26.0 Å². The maximum Gasteiger partial charge on any atom is 0.354 e. The van der Waals surface area contributed by atoms with Gasteiger partial charge in [-0.15, -0.1) is 0 Å². The Labute approximate surface area is 193 Å². The maximum atomic E-state index is 13.1. The van der Waals surface area contributed by atoms with E-state index in [0.29, 0.717) is 10.7 Å². The monoisotopic (exact) mass is 461 g/mol. The number of nitrogens with zero attached hydrogens (tertiary/aromatic N) is 3. The lowest BCUT2D eigenvalue weighted by atomic mass is 10.2. The average molecular weight is 462 g/mol. The molecule has 0 N–H and O–H groups in total. The van der Waals surface area contributed by atoms with Gasteiger partial charge in [0.2, 0.25) is 0 Å². The van der Waals surface area contributed by atoms with E-state index in [0.717, 1.165) is 15.9 Å². The largest absolute Gasteiger partial charge is 0.497 e. The summed E-state index contributed by atoms with van der Waals surface area (Å²) in [4.78, 5) is 29.3. The van der Waals surface area contributed by atoms with Crippen LogP contribution in [0.5, 0.6) is 5.75 Å². The number of ether oxygens (including phenoxy) is 1. The lowest BCUT2D eigenvalue weighted by molar-refractivity contribution is 0.414. The fourth-order valence-corrected chi connectivity index (χ4v) is 3.16. The van der Waals surface area contributed by atoms with Crippen molar-refractivity contribution >= 4 is 11.8 Å². The molecule has 0 atom stereocenters. The molecular weight excluding hydrogens is 429 g/mol. The van der Waals surface area contributed by atoms with Crippen molar-refractivity contribution in [2.75, 3.05) is 13.4 Å². The van der Waals surface area contributed by atoms with E-state index in [1.54, 1.807) is 25.5 Å². The lowest BCUT2D eigenvalue weighted by Gasteiger charge is -2.13. The van der Waals surface area contributed by atoms with Gasteiger partial charge in [-0.25, -0.2) is 18.5 Å². The van der Waals surface area contributed by atoms with Crippen LogP contribution in [0.15, 0.2) is 63.3 Å². The number of methoxy groups -OCH3 is 1. The van der Waals surface area contributed by atoms with Gasteiger partial charge in [-0.2, -0.15) is 4.98 Å². The predicted octanol–water partition coefficient (Wildman–Crippen LogP) is 4.81. The molecule has 3 rings (SSSR count). The fourth-order valence-electron chi connectivity index (χ4n) is 2.62. The van der Waals surface area contributed by atoms with Crippen LogP contribution in [0, 0.1) is 5.82 Å². The Morgan fingerprint density at radius 2 is 1.38 bits per heavy atom. The summed E-state index contributed by atoms with van der Waals surface area (Å²) in [5.74, 6) is 0.342. The molecule has 0 fully saturated rings. The minimum atomic E-state index is -0.625. The number of aromatic nitrogens is 3. The molecule has 0 spiro atoms. The third-order valence-electron chi connectivity index (χ3n) is 4.05. The summed E-state index contributed by atoms with van der Waals surface area (Å²) in [6.45, 7) is 8.55. The number of hydrogen-bond donors (Lipinski definition) is 0. The van der Waals surface area contributed by atoms with Crippen molar-refractivity contribution in [2.45, 2.75) is 52.4 Å². The summed E-state index contributed by atoms with van der Waals surface area (Å²) in [7, 11) is 1.58. The van der Waals surface area contributed by atoms with Gasteiger partial charge in [0.15, 0.2) is 5.16 Å². The van der Waals surface area contributed by atoms with Crippen molar-refractivity contribution in [1.82, 2.24) is 14.1 Å². The summed E-state index contributed by atoms with van der Waals surface area (Å²) in [6, 6.07) is 13.0. The molecule has 32 heavy (non-hydrogen) atoms. The second-order valence-electron chi connectivity index (χ2n) is 6.52. The Balaban J connectivity index is 0.000000944. The molecule has 0 amide bonds. The van der Waals surface area contributed by atoms with E-state index in [2.05, 4.69) is 18.8 Å². The third kappa shape index (κ3) is 7.67.